The molecule has 0 aliphatic carbocycles. The largest absolute Gasteiger partial charge is 0.309 e. The van der Waals surface area contributed by atoms with E-state index in [1.54, 1.807) is 0 Å². The second-order valence-electron chi connectivity index (χ2n) is 15.1. The lowest BCUT2D eigenvalue weighted by Crippen LogP contribution is -1.97. The molecule has 0 fully saturated rings. The van der Waals surface area contributed by atoms with E-state index in [4.69, 9.17) is 9.97 Å². The molecule has 3 nitrogen and oxygen atoms in total. The normalized spacial score (nSPS) is 12.7. The summed E-state index contributed by atoms with van der Waals surface area (Å²) in [5.74, 6) is 0.128. The van der Waals surface area contributed by atoms with Crippen molar-refractivity contribution in [1.29, 1.82) is 0 Å². The molecule has 59 heavy (non-hydrogen) atoms. The van der Waals surface area contributed by atoms with Gasteiger partial charge in [0.05, 0.1) is 27.7 Å². The summed E-state index contributed by atoms with van der Waals surface area (Å²) in [6.45, 7) is 0. The summed E-state index contributed by atoms with van der Waals surface area (Å²) in [4.78, 5) is 10.2. The Balaban J connectivity index is 1.09. The van der Waals surface area contributed by atoms with Gasteiger partial charge in [-0.2, -0.15) is 0 Å². The molecule has 12 aromatic rings. The zero-order valence-corrected chi connectivity index (χ0v) is 31.7. The Hall–Kier alpha value is -7.88. The molecule has 12 rings (SSSR count). The number of fused-ring (bicyclic) bond motifs is 8. The Labute approximate surface area is 346 Å². The van der Waals surface area contributed by atoms with Gasteiger partial charge in [-0.3, -0.25) is 0 Å². The zero-order chi connectivity index (χ0) is 42.3. The van der Waals surface area contributed by atoms with Crippen molar-refractivity contribution < 1.29 is 5.48 Å². The minimum absolute atomic E-state index is 0.0468. The van der Waals surface area contributed by atoms with Crippen LogP contribution in [0.5, 0.6) is 0 Å². The van der Waals surface area contributed by atoms with E-state index >= 15 is 0 Å². The summed E-state index contributed by atoms with van der Waals surface area (Å²) in [5.41, 5.74) is 8.11. The highest BCUT2D eigenvalue weighted by molar-refractivity contribution is 6.23. The van der Waals surface area contributed by atoms with E-state index in [-0.39, 0.29) is 41.2 Å². The Morgan fingerprint density at radius 1 is 0.356 bits per heavy atom. The minimum Gasteiger partial charge on any atom is -0.309 e. The predicted octanol–water partition coefficient (Wildman–Crippen LogP) is 14.9. The molecule has 0 saturated heterocycles. The van der Waals surface area contributed by atoms with Crippen LogP contribution in [0.3, 0.4) is 0 Å². The lowest BCUT2D eigenvalue weighted by atomic mass is 9.97. The molecule has 0 spiro atoms. The molecular formula is C56H35N3. The maximum atomic E-state index is 9.71. The lowest BCUT2D eigenvalue weighted by molar-refractivity contribution is 1.18. The highest BCUT2D eigenvalue weighted by Gasteiger charge is 2.18. The van der Waals surface area contributed by atoms with Gasteiger partial charge in [-0.25, -0.2) is 9.97 Å². The zero-order valence-electron chi connectivity index (χ0n) is 35.7. The molecule has 0 amide bonds. The van der Waals surface area contributed by atoms with E-state index in [0.29, 0.717) is 11.2 Å². The highest BCUT2D eigenvalue weighted by Crippen LogP contribution is 2.40. The molecule has 0 aliphatic rings. The third kappa shape index (κ3) is 5.59. The molecule has 274 valence electrons. The van der Waals surface area contributed by atoms with E-state index in [2.05, 4.69) is 103 Å². The van der Waals surface area contributed by atoms with Crippen LogP contribution in [0.1, 0.15) is 5.48 Å². The standard InChI is InChI=1S/C56H35N3/c1-2-10-36(11-3-1)38-18-21-40(22-19-38)55-49-30-26-46(45-23-20-37-12-4-5-14-42(37)32-45)34-51(49)57-56(58-55)41-24-28-47(29-25-41)59-52-31-27-39-13-8-9-17-48(39)54(52)50-33-43-15-6-7-16-44(43)35-53(50)59/h1-35H/i24D,25D,28D,29D. The lowest BCUT2D eigenvalue weighted by Gasteiger charge is -2.13. The van der Waals surface area contributed by atoms with Crippen LogP contribution in [0.25, 0.3) is 116 Å². The number of hydrogen-bond acceptors (Lipinski definition) is 2. The van der Waals surface area contributed by atoms with Crippen LogP contribution in [0, 0.1) is 0 Å². The van der Waals surface area contributed by atoms with Crippen LogP contribution in [-0.2, 0) is 0 Å². The first-order valence-corrected chi connectivity index (χ1v) is 19.8. The van der Waals surface area contributed by atoms with Crippen LogP contribution < -0.4 is 0 Å². The predicted molar refractivity (Wildman–Crippen MR) is 248 cm³/mol. The molecule has 0 saturated carbocycles. The summed E-state index contributed by atoms with van der Waals surface area (Å²) in [6.07, 6.45) is 0. The summed E-state index contributed by atoms with van der Waals surface area (Å²) in [5, 5.41) is 9.30. The average molecular weight is 754 g/mol. The smallest absolute Gasteiger partial charge is 0.160 e. The number of benzene rings is 10. The maximum Gasteiger partial charge on any atom is 0.160 e. The Morgan fingerprint density at radius 2 is 0.949 bits per heavy atom. The molecule has 0 N–H and O–H groups in total. The summed E-state index contributed by atoms with van der Waals surface area (Å²) >= 11 is 0. The van der Waals surface area contributed by atoms with Gasteiger partial charge in [0.25, 0.3) is 0 Å². The van der Waals surface area contributed by atoms with Crippen LogP contribution >= 0.6 is 0 Å². The van der Waals surface area contributed by atoms with Gasteiger partial charge in [0.2, 0.25) is 0 Å². The Kier molecular flexibility index (Phi) is 6.65. The number of rotatable bonds is 5. The molecule has 0 radical (unpaired) electrons. The average Bonchev–Trinajstić information content (AvgIpc) is 3.65. The second kappa shape index (κ2) is 13.4. The molecule has 10 aromatic carbocycles. The van der Waals surface area contributed by atoms with Gasteiger partial charge in [0.15, 0.2) is 5.82 Å². The first-order valence-electron chi connectivity index (χ1n) is 21.8. The van der Waals surface area contributed by atoms with E-state index in [9.17, 15) is 5.48 Å². The first kappa shape index (κ1) is 29.4. The summed E-state index contributed by atoms with van der Waals surface area (Å²) < 4.78 is 40.7. The molecule has 0 bridgehead atoms. The molecule has 2 heterocycles. The minimum atomic E-state index is -0.210. The molecule has 0 unspecified atom stereocenters. The Morgan fingerprint density at radius 3 is 1.75 bits per heavy atom. The molecule has 0 atom stereocenters. The SMILES string of the molecule is [2H]c1c([2H])c(-n2c3cc4ccccc4cc3c3c4ccccc4ccc32)c([2H])c([2H])c1-c1nc(-c2ccc(-c3ccccc3)cc2)c2ccc(-c3ccc4ccccc4c3)cc2n1. The van der Waals surface area contributed by atoms with Crippen LogP contribution in [-0.4, -0.2) is 14.5 Å². The van der Waals surface area contributed by atoms with Crippen molar-refractivity contribution in [3.05, 3.63) is 212 Å². The molecule has 3 heteroatoms. The van der Waals surface area contributed by atoms with Gasteiger partial charge < -0.3 is 4.57 Å². The van der Waals surface area contributed by atoms with E-state index in [1.165, 1.54) is 0 Å². The van der Waals surface area contributed by atoms with Crippen molar-refractivity contribution in [2.45, 2.75) is 0 Å². The fraction of sp³-hybridized carbons (Fsp3) is 0. The van der Waals surface area contributed by atoms with Crippen molar-refractivity contribution >= 4 is 65.0 Å². The third-order valence-corrected chi connectivity index (χ3v) is 11.6. The maximum absolute atomic E-state index is 9.71. The van der Waals surface area contributed by atoms with E-state index in [1.807, 2.05) is 89.5 Å². The topological polar surface area (TPSA) is 30.7 Å². The van der Waals surface area contributed by atoms with E-state index < -0.39 is 0 Å². The van der Waals surface area contributed by atoms with Gasteiger partial charge >= 0.3 is 0 Å². The third-order valence-electron chi connectivity index (χ3n) is 11.6. The number of hydrogen-bond donors (Lipinski definition) is 0. The van der Waals surface area contributed by atoms with Crippen molar-refractivity contribution in [2.24, 2.45) is 0 Å². The van der Waals surface area contributed by atoms with Gasteiger partial charge in [-0.15, -0.1) is 0 Å². The fourth-order valence-corrected chi connectivity index (χ4v) is 8.70. The van der Waals surface area contributed by atoms with Crippen molar-refractivity contribution in [3.8, 4) is 50.6 Å². The number of nitrogens with zero attached hydrogens (tertiary/aromatic N) is 3. The molecule has 2 aromatic heterocycles. The van der Waals surface area contributed by atoms with Gasteiger partial charge in [-0.05, 0) is 115 Å². The monoisotopic (exact) mass is 753 g/mol. The van der Waals surface area contributed by atoms with Crippen LogP contribution in [0.15, 0.2) is 212 Å². The fourth-order valence-electron chi connectivity index (χ4n) is 8.70. The van der Waals surface area contributed by atoms with E-state index in [0.717, 1.165) is 87.3 Å². The quantitative estimate of drug-likeness (QED) is 0.175. The Bertz CT molecular complexity index is 3810. The first-order chi connectivity index (χ1) is 30.9. The summed E-state index contributed by atoms with van der Waals surface area (Å²) in [6, 6.07) is 63.3. The number of aromatic nitrogens is 3. The van der Waals surface area contributed by atoms with Crippen LogP contribution in [0.4, 0.5) is 0 Å². The van der Waals surface area contributed by atoms with Gasteiger partial charge in [0, 0.05) is 33.0 Å². The molecular weight excluding hydrogens is 715 g/mol. The summed E-state index contributed by atoms with van der Waals surface area (Å²) in [7, 11) is 0. The molecule has 0 aliphatic heterocycles. The van der Waals surface area contributed by atoms with Gasteiger partial charge in [0.1, 0.15) is 0 Å². The van der Waals surface area contributed by atoms with Crippen molar-refractivity contribution in [3.63, 3.8) is 0 Å². The van der Waals surface area contributed by atoms with Crippen molar-refractivity contribution in [1.82, 2.24) is 14.5 Å². The van der Waals surface area contributed by atoms with Gasteiger partial charge in [-0.1, -0.05) is 152 Å². The van der Waals surface area contributed by atoms with Crippen LogP contribution in [0.2, 0.25) is 0 Å². The second-order valence-corrected chi connectivity index (χ2v) is 15.1. The van der Waals surface area contributed by atoms with Crippen molar-refractivity contribution in [2.75, 3.05) is 0 Å². The highest BCUT2D eigenvalue weighted by atomic mass is 15.0.